The van der Waals surface area contributed by atoms with E-state index in [2.05, 4.69) is 29.3 Å². The maximum Gasteiger partial charge on any atom is 0.156 e. The minimum absolute atomic E-state index is 0.694. The molecule has 1 saturated carbocycles. The van der Waals surface area contributed by atoms with Gasteiger partial charge in [0.1, 0.15) is 0 Å². The number of rotatable bonds is 6. The minimum Gasteiger partial charge on any atom is -0.378 e. The molecule has 5 heteroatoms. The molecule has 2 aliphatic rings. The Hall–Kier alpha value is -0.260. The predicted octanol–water partition coefficient (Wildman–Crippen LogP) is 1.43. The molecule has 1 heterocycles. The van der Waals surface area contributed by atoms with Crippen LogP contribution in [0.2, 0.25) is 0 Å². The number of nitrogens with zero attached hydrogens (tertiary/aromatic N) is 2. The smallest absolute Gasteiger partial charge is 0.156 e. The molecule has 0 aromatic heterocycles. The van der Waals surface area contributed by atoms with Crippen LogP contribution in [0.25, 0.3) is 0 Å². The van der Waals surface area contributed by atoms with E-state index in [0.29, 0.717) is 6.04 Å². The summed E-state index contributed by atoms with van der Waals surface area (Å²) in [4.78, 5) is 6.72. The van der Waals surface area contributed by atoms with Crippen LogP contribution in [0.4, 0.5) is 0 Å². The molecule has 104 valence electrons. The van der Waals surface area contributed by atoms with Gasteiger partial charge in [0.2, 0.25) is 0 Å². The maximum atomic E-state index is 5.54. The summed E-state index contributed by atoms with van der Waals surface area (Å²) in [6, 6.07) is 0.694. The lowest BCUT2D eigenvalue weighted by atomic mass is 10.1. The first-order chi connectivity index (χ1) is 8.75. The van der Waals surface area contributed by atoms with Crippen molar-refractivity contribution in [1.82, 2.24) is 10.2 Å². The van der Waals surface area contributed by atoms with Crippen LogP contribution in [0.5, 0.6) is 0 Å². The number of fused-ring (bicyclic) bond motifs is 1. The van der Waals surface area contributed by atoms with Crippen LogP contribution in [0.3, 0.4) is 0 Å². The van der Waals surface area contributed by atoms with Crippen molar-refractivity contribution in [3.05, 3.63) is 0 Å². The zero-order valence-corrected chi connectivity index (χ0v) is 12.3. The van der Waals surface area contributed by atoms with Gasteiger partial charge in [-0.25, -0.2) is 0 Å². The van der Waals surface area contributed by atoms with Crippen LogP contribution < -0.4 is 5.32 Å². The molecule has 0 bridgehead atoms. The van der Waals surface area contributed by atoms with Crippen LogP contribution in [-0.2, 0) is 4.74 Å². The van der Waals surface area contributed by atoms with Crippen LogP contribution >= 0.6 is 11.8 Å². The molecule has 1 N–H and O–H groups in total. The molecule has 2 unspecified atom stereocenters. The number of likely N-dealkylation sites (N-methyl/N-ethyl adjacent to an activating group) is 1. The molecule has 2 fully saturated rings. The van der Waals surface area contributed by atoms with Crippen molar-refractivity contribution in [1.29, 1.82) is 0 Å². The maximum absolute atomic E-state index is 5.54. The van der Waals surface area contributed by atoms with E-state index in [9.17, 15) is 0 Å². The molecule has 0 spiro atoms. The van der Waals surface area contributed by atoms with E-state index in [4.69, 9.17) is 4.74 Å². The Bertz CT molecular complexity index is 283. The van der Waals surface area contributed by atoms with Gasteiger partial charge < -0.3 is 15.0 Å². The van der Waals surface area contributed by atoms with E-state index < -0.39 is 0 Å². The van der Waals surface area contributed by atoms with Crippen molar-refractivity contribution in [3.8, 4) is 0 Å². The summed E-state index contributed by atoms with van der Waals surface area (Å²) in [5.74, 6) is 2.13. The number of hydrogen-bond donors (Lipinski definition) is 1. The Balaban J connectivity index is 1.58. The average Bonchev–Trinajstić information content (AvgIpc) is 2.80. The Labute approximate surface area is 115 Å². The van der Waals surface area contributed by atoms with Gasteiger partial charge in [0.15, 0.2) is 5.17 Å². The van der Waals surface area contributed by atoms with E-state index in [0.717, 1.165) is 37.4 Å². The zero-order valence-electron chi connectivity index (χ0n) is 11.5. The lowest BCUT2D eigenvalue weighted by Gasteiger charge is -2.28. The van der Waals surface area contributed by atoms with Crippen molar-refractivity contribution in [2.45, 2.75) is 25.3 Å². The summed E-state index contributed by atoms with van der Waals surface area (Å²) >= 11 is 1.88. The number of amidine groups is 1. The second kappa shape index (κ2) is 7.36. The lowest BCUT2D eigenvalue weighted by Crippen LogP contribution is -2.41. The molecule has 0 amide bonds. The number of nitrogens with one attached hydrogen (secondary N) is 1. The third-order valence-electron chi connectivity index (χ3n) is 3.58. The summed E-state index contributed by atoms with van der Waals surface area (Å²) in [6.07, 6.45) is 4.10. The molecule has 1 saturated heterocycles. The number of aliphatic imine (C=N–C) groups is 1. The SMILES string of the molecule is CN(C)CCOCCN=C1NC2CCCC2CS1. The number of thioether (sulfide) groups is 1. The fraction of sp³-hybridized carbons (Fsp3) is 0.923. The van der Waals surface area contributed by atoms with Gasteiger partial charge in [-0.1, -0.05) is 18.2 Å². The van der Waals surface area contributed by atoms with E-state index in [1.54, 1.807) is 0 Å². The molecule has 1 aliphatic carbocycles. The van der Waals surface area contributed by atoms with Crippen LogP contribution in [0, 0.1) is 5.92 Å². The highest BCUT2D eigenvalue weighted by atomic mass is 32.2. The van der Waals surface area contributed by atoms with E-state index in [-0.39, 0.29) is 0 Å². The van der Waals surface area contributed by atoms with Gasteiger partial charge in [-0.05, 0) is 32.9 Å². The monoisotopic (exact) mass is 271 g/mol. The van der Waals surface area contributed by atoms with Crippen molar-refractivity contribution < 1.29 is 4.74 Å². The standard InChI is InChI=1S/C13H25N3OS/c1-16(2)7-9-17-8-6-14-13-15-12-5-3-4-11(12)10-18-13/h11-12H,3-10H2,1-2H3,(H,14,15). The van der Waals surface area contributed by atoms with Gasteiger partial charge in [-0.15, -0.1) is 0 Å². The van der Waals surface area contributed by atoms with Gasteiger partial charge >= 0.3 is 0 Å². The molecule has 4 nitrogen and oxygen atoms in total. The fourth-order valence-corrected chi connectivity index (χ4v) is 3.65. The Morgan fingerprint density at radius 3 is 3.11 bits per heavy atom. The molecule has 0 radical (unpaired) electrons. The first-order valence-electron chi connectivity index (χ1n) is 6.92. The highest BCUT2D eigenvalue weighted by Crippen LogP contribution is 2.32. The zero-order chi connectivity index (χ0) is 12.8. The molecule has 2 rings (SSSR count). The Kier molecular flexibility index (Phi) is 5.79. The first kappa shape index (κ1) is 14.2. The molecular weight excluding hydrogens is 246 g/mol. The number of hydrogen-bond acceptors (Lipinski definition) is 4. The highest BCUT2D eigenvalue weighted by molar-refractivity contribution is 8.13. The average molecular weight is 271 g/mol. The topological polar surface area (TPSA) is 36.9 Å². The van der Waals surface area contributed by atoms with Crippen molar-refractivity contribution in [3.63, 3.8) is 0 Å². The quantitative estimate of drug-likeness (QED) is 0.742. The van der Waals surface area contributed by atoms with Gasteiger partial charge in [-0.2, -0.15) is 0 Å². The van der Waals surface area contributed by atoms with Gasteiger partial charge in [0, 0.05) is 18.3 Å². The molecular formula is C13H25N3OS. The van der Waals surface area contributed by atoms with E-state index in [1.807, 2.05) is 11.8 Å². The summed E-state index contributed by atoms with van der Waals surface area (Å²) in [5, 5.41) is 4.71. The molecule has 2 atom stereocenters. The molecule has 0 aromatic carbocycles. The Morgan fingerprint density at radius 2 is 2.28 bits per heavy atom. The Morgan fingerprint density at radius 1 is 1.39 bits per heavy atom. The van der Waals surface area contributed by atoms with Gasteiger partial charge in [0.05, 0.1) is 19.8 Å². The first-order valence-corrected chi connectivity index (χ1v) is 7.90. The van der Waals surface area contributed by atoms with Crippen LogP contribution in [0.15, 0.2) is 4.99 Å². The van der Waals surface area contributed by atoms with Crippen LogP contribution in [0.1, 0.15) is 19.3 Å². The summed E-state index contributed by atoms with van der Waals surface area (Å²) in [5.41, 5.74) is 0. The lowest BCUT2D eigenvalue weighted by molar-refractivity contribution is 0.124. The van der Waals surface area contributed by atoms with Gasteiger partial charge in [-0.3, -0.25) is 4.99 Å². The third kappa shape index (κ3) is 4.44. The molecule has 0 aromatic rings. The van der Waals surface area contributed by atoms with Crippen molar-refractivity contribution >= 4 is 16.9 Å². The number of ether oxygens (including phenoxy) is 1. The second-order valence-corrected chi connectivity index (χ2v) is 6.36. The summed E-state index contributed by atoms with van der Waals surface area (Å²) in [7, 11) is 4.12. The minimum atomic E-state index is 0.694. The summed E-state index contributed by atoms with van der Waals surface area (Å²) < 4.78 is 5.54. The van der Waals surface area contributed by atoms with E-state index >= 15 is 0 Å². The second-order valence-electron chi connectivity index (χ2n) is 5.36. The summed E-state index contributed by atoms with van der Waals surface area (Å²) in [6.45, 7) is 3.28. The largest absolute Gasteiger partial charge is 0.378 e. The normalized spacial score (nSPS) is 29.6. The van der Waals surface area contributed by atoms with E-state index in [1.165, 1.54) is 25.0 Å². The van der Waals surface area contributed by atoms with Crippen LogP contribution in [-0.4, -0.2) is 62.3 Å². The third-order valence-corrected chi connectivity index (χ3v) is 4.69. The van der Waals surface area contributed by atoms with Crippen molar-refractivity contribution in [2.24, 2.45) is 10.9 Å². The molecule has 1 aliphatic heterocycles. The van der Waals surface area contributed by atoms with Gasteiger partial charge in [0.25, 0.3) is 0 Å². The highest BCUT2D eigenvalue weighted by Gasteiger charge is 2.31. The van der Waals surface area contributed by atoms with Crippen molar-refractivity contribution in [2.75, 3.05) is 46.2 Å². The predicted molar refractivity (Wildman–Crippen MR) is 78.4 cm³/mol. The fourth-order valence-electron chi connectivity index (χ4n) is 2.46. The molecule has 18 heavy (non-hydrogen) atoms.